The van der Waals surface area contributed by atoms with Crippen molar-refractivity contribution in [3.63, 3.8) is 0 Å². The number of allylic oxidation sites excluding steroid dienone is 6. The topological polar surface area (TPSA) is 80.7 Å². The minimum absolute atomic E-state index is 0.0266. The van der Waals surface area contributed by atoms with Gasteiger partial charge in [0.2, 0.25) is 0 Å². The molecule has 1 aliphatic heterocycles. The number of hydrogen-bond acceptors (Lipinski definition) is 5. The first-order valence-corrected chi connectivity index (χ1v) is 12.2. The van der Waals surface area contributed by atoms with Crippen LogP contribution in [0, 0.1) is 16.7 Å². The van der Waals surface area contributed by atoms with Gasteiger partial charge in [0.15, 0.2) is 17.3 Å². The van der Waals surface area contributed by atoms with E-state index in [9.17, 15) is 19.5 Å². The van der Waals surface area contributed by atoms with E-state index in [-0.39, 0.29) is 35.2 Å². The SMILES string of the molecule is CCC(C)C(=O)C1=C2O[C@@H]([C@@](C)(O)CCC=C(C)C)C[C@]2(CC=C(C)C)C(=O)C(C)(C)C1=O. The Morgan fingerprint density at radius 1 is 1.18 bits per heavy atom. The van der Waals surface area contributed by atoms with Crippen molar-refractivity contribution in [1.29, 1.82) is 0 Å². The predicted octanol–water partition coefficient (Wildman–Crippen LogP) is 5.66. The number of ketones is 3. The predicted molar refractivity (Wildman–Crippen MR) is 131 cm³/mol. The number of carbonyl (C=O) groups excluding carboxylic acids is 3. The Hall–Kier alpha value is -2.01. The Morgan fingerprint density at radius 2 is 1.76 bits per heavy atom. The van der Waals surface area contributed by atoms with Crippen LogP contribution in [-0.4, -0.2) is 34.2 Å². The average Bonchev–Trinajstić information content (AvgIpc) is 3.11. The highest BCUT2D eigenvalue weighted by atomic mass is 16.5. The van der Waals surface area contributed by atoms with Crippen molar-refractivity contribution in [2.45, 2.75) is 106 Å². The van der Waals surface area contributed by atoms with E-state index in [1.807, 2.05) is 40.7 Å². The van der Waals surface area contributed by atoms with Crippen molar-refractivity contribution in [3.8, 4) is 0 Å². The van der Waals surface area contributed by atoms with E-state index in [1.165, 1.54) is 5.57 Å². The summed E-state index contributed by atoms with van der Waals surface area (Å²) in [6.07, 6.45) is 5.65. The highest BCUT2D eigenvalue weighted by molar-refractivity contribution is 6.31. The van der Waals surface area contributed by atoms with Crippen molar-refractivity contribution in [2.75, 3.05) is 0 Å². The molecule has 0 aromatic carbocycles. The minimum Gasteiger partial charge on any atom is -0.490 e. The summed E-state index contributed by atoms with van der Waals surface area (Å²) >= 11 is 0. The molecule has 184 valence electrons. The highest BCUT2D eigenvalue weighted by Crippen LogP contribution is 2.57. The molecule has 0 saturated carbocycles. The molecule has 0 amide bonds. The maximum Gasteiger partial charge on any atom is 0.182 e. The normalized spacial score (nSPS) is 26.8. The number of hydrogen-bond donors (Lipinski definition) is 1. The molecule has 1 N–H and O–H groups in total. The van der Waals surface area contributed by atoms with E-state index in [1.54, 1.807) is 27.7 Å². The standard InChI is InChI=1S/C28H42O5/c1-10-19(6)22(29)21-23(30)26(7,8)25(31)28(15-13-18(4)5)16-20(33-24(21)28)27(9,32)14-11-12-17(2)3/h12-13,19-20,32H,10-11,14-16H2,1-9H3/t19?,20-,27+,28+/m1/s1. The van der Waals surface area contributed by atoms with Gasteiger partial charge >= 0.3 is 0 Å². The van der Waals surface area contributed by atoms with Crippen LogP contribution in [-0.2, 0) is 19.1 Å². The van der Waals surface area contributed by atoms with Gasteiger partial charge in [-0.3, -0.25) is 14.4 Å². The Balaban J connectivity index is 2.70. The first kappa shape index (κ1) is 27.2. The molecule has 4 atom stereocenters. The summed E-state index contributed by atoms with van der Waals surface area (Å²) in [6, 6.07) is 0. The number of rotatable bonds is 9. The second-order valence-electron chi connectivity index (χ2n) is 11.2. The van der Waals surface area contributed by atoms with E-state index in [4.69, 9.17) is 4.74 Å². The lowest BCUT2D eigenvalue weighted by atomic mass is 9.58. The number of aliphatic hydroxyl groups is 1. The van der Waals surface area contributed by atoms with Crippen LogP contribution in [0.4, 0.5) is 0 Å². The summed E-state index contributed by atoms with van der Waals surface area (Å²) in [7, 11) is 0. The molecule has 33 heavy (non-hydrogen) atoms. The second-order valence-corrected chi connectivity index (χ2v) is 11.2. The van der Waals surface area contributed by atoms with Crippen LogP contribution >= 0.6 is 0 Å². The van der Waals surface area contributed by atoms with Crippen LogP contribution in [0.3, 0.4) is 0 Å². The summed E-state index contributed by atoms with van der Waals surface area (Å²) in [5.41, 5.74) is -1.44. The van der Waals surface area contributed by atoms with Gasteiger partial charge in [-0.15, -0.1) is 0 Å². The van der Waals surface area contributed by atoms with E-state index >= 15 is 0 Å². The fourth-order valence-corrected chi connectivity index (χ4v) is 4.78. The van der Waals surface area contributed by atoms with E-state index in [2.05, 4.69) is 6.08 Å². The van der Waals surface area contributed by atoms with Crippen molar-refractivity contribution < 1.29 is 24.2 Å². The Morgan fingerprint density at radius 3 is 2.27 bits per heavy atom. The Labute approximate surface area is 199 Å². The molecule has 5 heteroatoms. The van der Waals surface area contributed by atoms with Gasteiger partial charge in [-0.25, -0.2) is 0 Å². The third-order valence-electron chi connectivity index (χ3n) is 7.31. The lowest BCUT2D eigenvalue weighted by Gasteiger charge is -2.39. The zero-order valence-electron chi connectivity index (χ0n) is 21.9. The van der Waals surface area contributed by atoms with Crippen molar-refractivity contribution in [1.82, 2.24) is 0 Å². The van der Waals surface area contributed by atoms with Crippen molar-refractivity contribution in [3.05, 3.63) is 34.6 Å². The maximum absolute atomic E-state index is 13.9. The molecule has 1 heterocycles. The molecular weight excluding hydrogens is 416 g/mol. The summed E-state index contributed by atoms with van der Waals surface area (Å²) < 4.78 is 6.30. The zero-order valence-corrected chi connectivity index (χ0v) is 21.9. The van der Waals surface area contributed by atoms with Gasteiger partial charge in [0.05, 0.1) is 16.4 Å². The fraction of sp³-hybridized carbons (Fsp3) is 0.679. The molecule has 5 nitrogen and oxygen atoms in total. The minimum atomic E-state index is -1.33. The van der Waals surface area contributed by atoms with Gasteiger partial charge in [0, 0.05) is 12.3 Å². The monoisotopic (exact) mass is 458 g/mol. The number of Topliss-reactive ketones (excluding diaryl/α,β-unsaturated/α-hetero) is 3. The van der Waals surface area contributed by atoms with Crippen molar-refractivity contribution >= 4 is 17.3 Å². The Bertz CT molecular complexity index is 907. The average molecular weight is 459 g/mol. The number of fused-ring (bicyclic) bond motifs is 1. The van der Waals surface area contributed by atoms with Crippen molar-refractivity contribution in [2.24, 2.45) is 16.7 Å². The third-order valence-corrected chi connectivity index (χ3v) is 7.31. The van der Waals surface area contributed by atoms with Gasteiger partial charge in [-0.1, -0.05) is 37.1 Å². The van der Waals surface area contributed by atoms with Crippen LogP contribution in [0.25, 0.3) is 0 Å². The van der Waals surface area contributed by atoms with E-state index in [0.29, 0.717) is 25.7 Å². The van der Waals surface area contributed by atoms with Crippen LogP contribution in [0.15, 0.2) is 34.6 Å². The van der Waals surface area contributed by atoms with E-state index < -0.39 is 28.3 Å². The smallest absolute Gasteiger partial charge is 0.182 e. The van der Waals surface area contributed by atoms with Gasteiger partial charge < -0.3 is 9.84 Å². The van der Waals surface area contributed by atoms with Gasteiger partial charge in [0.1, 0.15) is 17.4 Å². The zero-order chi connectivity index (χ0) is 25.4. The highest BCUT2D eigenvalue weighted by Gasteiger charge is 2.64. The second kappa shape index (κ2) is 9.69. The summed E-state index contributed by atoms with van der Waals surface area (Å²) in [5.74, 6) is -1.14. The molecule has 0 aromatic heterocycles. The molecule has 1 aliphatic carbocycles. The largest absolute Gasteiger partial charge is 0.490 e. The molecule has 0 radical (unpaired) electrons. The first-order valence-electron chi connectivity index (χ1n) is 12.2. The number of carbonyl (C=O) groups is 3. The van der Waals surface area contributed by atoms with Gasteiger partial charge in [0.25, 0.3) is 0 Å². The van der Waals surface area contributed by atoms with Gasteiger partial charge in [-0.2, -0.15) is 0 Å². The quantitative estimate of drug-likeness (QED) is 0.274. The maximum atomic E-state index is 13.9. The molecule has 2 rings (SSSR count). The van der Waals surface area contributed by atoms with Crippen LogP contribution in [0.2, 0.25) is 0 Å². The first-order chi connectivity index (χ1) is 15.1. The van der Waals surface area contributed by atoms with Crippen LogP contribution in [0.1, 0.15) is 94.4 Å². The molecular formula is C28H42O5. The van der Waals surface area contributed by atoms with Crippen LogP contribution in [0.5, 0.6) is 0 Å². The number of ether oxygens (including phenoxy) is 1. The third kappa shape index (κ3) is 5.08. The summed E-state index contributed by atoms with van der Waals surface area (Å²) in [5, 5.41) is 11.4. The lowest BCUT2D eigenvalue weighted by molar-refractivity contribution is -0.145. The molecule has 0 aromatic rings. The molecule has 1 saturated heterocycles. The summed E-state index contributed by atoms with van der Waals surface area (Å²) in [4.78, 5) is 40.8. The van der Waals surface area contributed by atoms with Gasteiger partial charge in [-0.05, 0) is 74.1 Å². The molecule has 1 fully saturated rings. The molecule has 0 bridgehead atoms. The Kier molecular flexibility index (Phi) is 8.00. The molecule has 1 unspecified atom stereocenters. The summed E-state index contributed by atoms with van der Waals surface area (Å²) in [6.45, 7) is 16.6. The van der Waals surface area contributed by atoms with E-state index in [0.717, 1.165) is 5.57 Å². The molecule has 2 aliphatic rings. The molecule has 0 spiro atoms. The fourth-order valence-electron chi connectivity index (χ4n) is 4.78. The van der Waals surface area contributed by atoms with Crippen LogP contribution < -0.4 is 0 Å². The lowest BCUT2D eigenvalue weighted by Crippen LogP contribution is -2.51.